The number of hydrogen-bond acceptors (Lipinski definition) is 10. The van der Waals surface area contributed by atoms with E-state index < -0.39 is 23.0 Å². The molecular formula is C38H42Cl2N8O6. The lowest BCUT2D eigenvalue weighted by atomic mass is 9.76. The molecule has 1 aromatic heterocycles. The molecule has 0 spiro atoms. The third-order valence-corrected chi connectivity index (χ3v) is 11.9. The number of nitrogens with zero attached hydrogens (tertiary/aromatic N) is 7. The van der Waals surface area contributed by atoms with Gasteiger partial charge < -0.3 is 34.6 Å². The Morgan fingerprint density at radius 3 is 2.54 bits per heavy atom. The van der Waals surface area contributed by atoms with Crippen LogP contribution >= 0.6 is 23.2 Å². The molecule has 3 aromatic rings. The highest BCUT2D eigenvalue weighted by molar-refractivity contribution is 6.42. The second-order valence-corrected chi connectivity index (χ2v) is 15.0. The maximum absolute atomic E-state index is 14.2. The molecule has 3 atom stereocenters. The number of urea groups is 1. The minimum atomic E-state index is -1.09. The summed E-state index contributed by atoms with van der Waals surface area (Å²) in [6.45, 7) is 3.55. The third kappa shape index (κ3) is 7.79. The van der Waals surface area contributed by atoms with Crippen LogP contribution in [0.15, 0.2) is 76.2 Å². The molecular weight excluding hydrogens is 735 g/mol. The van der Waals surface area contributed by atoms with Gasteiger partial charge in [0.25, 0.3) is 5.91 Å². The number of ether oxygens (including phenoxy) is 2. The highest BCUT2D eigenvalue weighted by Crippen LogP contribution is 2.42. The Labute approximate surface area is 323 Å². The second-order valence-electron chi connectivity index (χ2n) is 14.2. The van der Waals surface area contributed by atoms with Crippen LogP contribution in [0.5, 0.6) is 5.75 Å². The molecule has 0 bridgehead atoms. The molecule has 4 aliphatic rings. The fraction of sp³-hybridized carbons (Fsp3) is 0.447. The molecule has 2 aromatic carbocycles. The van der Waals surface area contributed by atoms with Crippen LogP contribution in [0.4, 0.5) is 4.79 Å². The summed E-state index contributed by atoms with van der Waals surface area (Å²) in [4.78, 5) is 49.8. The summed E-state index contributed by atoms with van der Waals surface area (Å²) in [7, 11) is 1.55. The molecule has 14 nitrogen and oxygen atoms in total. The number of nitrogens with one attached hydrogen (secondary N) is 1. The maximum atomic E-state index is 14.2. The standard InChI is InChI=1S/C38H42Cl2N8O6/c1-53-31-8-5-25(30-22-42-45-44-30)20-27(31)34(49)48-17-10-37(24-48,26-6-7-28(39)29(40)21-26)9-14-46-15-11-38(12-16-46,33-4-2-3-13-41-33)43-36(52)47-18-19-54-32(23-47)35(50)51/h2-8,13,20-22,30,32H,9-12,14-19,23-24H2,1H3,(H,43,52)(H,50,51). The number of rotatable bonds is 10. The molecule has 16 heteroatoms. The van der Waals surface area contributed by atoms with Crippen molar-refractivity contribution in [1.82, 2.24) is 25.0 Å². The van der Waals surface area contributed by atoms with Gasteiger partial charge in [0.1, 0.15) is 11.8 Å². The number of carboxylic acid groups (broad SMARTS) is 1. The number of halogens is 2. The lowest BCUT2D eigenvalue weighted by Gasteiger charge is -2.44. The van der Waals surface area contributed by atoms with Crippen LogP contribution in [-0.4, -0.2) is 115 Å². The van der Waals surface area contributed by atoms with E-state index >= 15 is 0 Å². The van der Waals surface area contributed by atoms with Crippen molar-refractivity contribution >= 4 is 47.3 Å². The molecule has 0 saturated carbocycles. The van der Waals surface area contributed by atoms with Gasteiger partial charge in [0.15, 0.2) is 6.10 Å². The second kappa shape index (κ2) is 16.0. The molecule has 0 aliphatic carbocycles. The Balaban J connectivity index is 1.08. The highest BCUT2D eigenvalue weighted by Gasteiger charge is 2.44. The van der Waals surface area contributed by atoms with Crippen molar-refractivity contribution in [3.8, 4) is 5.75 Å². The van der Waals surface area contributed by atoms with Crippen molar-refractivity contribution < 1.29 is 29.0 Å². The van der Waals surface area contributed by atoms with Gasteiger partial charge in [0, 0.05) is 44.3 Å². The van der Waals surface area contributed by atoms with Crippen LogP contribution in [0, 0.1) is 0 Å². The highest BCUT2D eigenvalue weighted by atomic mass is 35.5. The number of carboxylic acids is 1. The van der Waals surface area contributed by atoms with Crippen LogP contribution in [-0.2, 0) is 20.5 Å². The van der Waals surface area contributed by atoms with Crippen LogP contribution < -0.4 is 10.1 Å². The molecule has 3 fully saturated rings. The quantitative estimate of drug-likeness (QED) is 0.271. The summed E-state index contributed by atoms with van der Waals surface area (Å²) in [6.07, 6.45) is 4.98. The van der Waals surface area contributed by atoms with Gasteiger partial charge in [-0.15, -0.1) is 5.10 Å². The number of pyridine rings is 1. The van der Waals surface area contributed by atoms with Gasteiger partial charge in [-0.3, -0.25) is 9.78 Å². The number of amides is 3. The third-order valence-electron chi connectivity index (χ3n) is 11.2. The number of likely N-dealkylation sites (tertiary alicyclic amines) is 2. The van der Waals surface area contributed by atoms with Gasteiger partial charge in [-0.25, -0.2) is 9.59 Å². The monoisotopic (exact) mass is 776 g/mol. The predicted molar refractivity (Wildman–Crippen MR) is 201 cm³/mol. The van der Waals surface area contributed by atoms with Crippen molar-refractivity contribution in [3.05, 3.63) is 93.2 Å². The number of hydrogen-bond donors (Lipinski definition) is 2. The Hall–Kier alpha value is -4.63. The van der Waals surface area contributed by atoms with Gasteiger partial charge in [-0.1, -0.05) is 41.4 Å². The Kier molecular flexibility index (Phi) is 11.2. The maximum Gasteiger partial charge on any atom is 0.334 e. The smallest absolute Gasteiger partial charge is 0.334 e. The lowest BCUT2D eigenvalue weighted by Crippen LogP contribution is -2.59. The normalized spacial score (nSPS) is 23.8. The number of carbonyl (C=O) groups is 3. The van der Waals surface area contributed by atoms with E-state index in [0.29, 0.717) is 66.9 Å². The largest absolute Gasteiger partial charge is 0.496 e. The van der Waals surface area contributed by atoms with Crippen LogP contribution in [0.25, 0.3) is 0 Å². The summed E-state index contributed by atoms with van der Waals surface area (Å²) in [5, 5.41) is 25.4. The van der Waals surface area contributed by atoms with E-state index in [1.54, 1.807) is 25.6 Å². The van der Waals surface area contributed by atoms with Crippen molar-refractivity contribution in [2.75, 3.05) is 59.5 Å². The fourth-order valence-electron chi connectivity index (χ4n) is 7.95. The zero-order valence-corrected chi connectivity index (χ0v) is 31.4. The Bertz CT molecular complexity index is 1930. The molecule has 5 heterocycles. The Morgan fingerprint density at radius 1 is 1.00 bits per heavy atom. The molecule has 4 aliphatic heterocycles. The van der Waals surface area contributed by atoms with E-state index in [9.17, 15) is 19.5 Å². The van der Waals surface area contributed by atoms with E-state index in [2.05, 4.69) is 30.6 Å². The first kappa shape index (κ1) is 37.7. The summed E-state index contributed by atoms with van der Waals surface area (Å²) in [5.41, 5.74) is 1.91. The lowest BCUT2D eigenvalue weighted by molar-refractivity contribution is -0.154. The number of aromatic nitrogens is 1. The first-order valence-corrected chi connectivity index (χ1v) is 18.8. The average Bonchev–Trinajstić information content (AvgIpc) is 3.91. The topological polar surface area (TPSA) is 162 Å². The first-order valence-electron chi connectivity index (χ1n) is 18.0. The van der Waals surface area contributed by atoms with Gasteiger partial charge in [-0.05, 0) is 85.0 Å². The fourth-order valence-corrected chi connectivity index (χ4v) is 8.25. The molecule has 3 unspecified atom stereocenters. The number of carbonyl (C=O) groups excluding carboxylic acids is 2. The molecule has 0 radical (unpaired) electrons. The molecule has 3 amide bonds. The minimum absolute atomic E-state index is 0.0263. The number of methoxy groups -OCH3 is 1. The van der Waals surface area contributed by atoms with E-state index in [1.807, 2.05) is 53.4 Å². The van der Waals surface area contributed by atoms with Gasteiger partial charge >= 0.3 is 12.0 Å². The molecule has 3 saturated heterocycles. The molecule has 54 heavy (non-hydrogen) atoms. The zero-order chi connectivity index (χ0) is 37.9. The van der Waals surface area contributed by atoms with Crippen LogP contribution in [0.2, 0.25) is 10.0 Å². The van der Waals surface area contributed by atoms with E-state index in [1.165, 1.54) is 4.90 Å². The predicted octanol–water partition coefficient (Wildman–Crippen LogP) is 5.55. The first-order chi connectivity index (χ1) is 26.1. The number of piperidine rings is 1. The van der Waals surface area contributed by atoms with Crippen LogP contribution in [0.1, 0.15) is 58.9 Å². The van der Waals surface area contributed by atoms with Crippen molar-refractivity contribution in [2.24, 2.45) is 15.4 Å². The number of aliphatic carboxylic acids is 1. The molecule has 7 rings (SSSR count). The van der Waals surface area contributed by atoms with Gasteiger partial charge in [0.2, 0.25) is 0 Å². The number of benzene rings is 2. The van der Waals surface area contributed by atoms with Crippen molar-refractivity contribution in [3.63, 3.8) is 0 Å². The SMILES string of the molecule is COc1ccc(C2C=NN=N2)cc1C(=O)N1CCC(CCN2CCC(NC(=O)N3CCOC(C(=O)O)C3)(c3ccccn3)CC2)(c2ccc(Cl)c(Cl)c2)C1. The Morgan fingerprint density at radius 2 is 1.83 bits per heavy atom. The van der Waals surface area contributed by atoms with Gasteiger partial charge in [-0.2, -0.15) is 5.11 Å². The minimum Gasteiger partial charge on any atom is -0.496 e. The summed E-state index contributed by atoms with van der Waals surface area (Å²) >= 11 is 12.9. The average molecular weight is 778 g/mol. The van der Waals surface area contributed by atoms with E-state index in [4.69, 9.17) is 32.7 Å². The summed E-state index contributed by atoms with van der Waals surface area (Å²) in [5.74, 6) is -0.744. The van der Waals surface area contributed by atoms with Crippen molar-refractivity contribution in [1.29, 1.82) is 0 Å². The summed E-state index contributed by atoms with van der Waals surface area (Å²) in [6, 6.07) is 16.2. The zero-order valence-electron chi connectivity index (χ0n) is 29.9. The molecule has 284 valence electrons. The van der Waals surface area contributed by atoms with Crippen molar-refractivity contribution in [2.45, 2.75) is 48.8 Å². The van der Waals surface area contributed by atoms with E-state index in [0.717, 1.165) is 36.2 Å². The molecule has 2 N–H and O–H groups in total. The van der Waals surface area contributed by atoms with E-state index in [-0.39, 0.29) is 31.1 Å². The van der Waals surface area contributed by atoms with Crippen LogP contribution in [0.3, 0.4) is 0 Å². The number of morpholine rings is 1. The van der Waals surface area contributed by atoms with Gasteiger partial charge in [0.05, 0.1) is 53.3 Å². The summed E-state index contributed by atoms with van der Waals surface area (Å²) < 4.78 is 11.0.